The molecule has 4 rings (SSSR count). The van der Waals surface area contributed by atoms with Crippen molar-refractivity contribution in [3.05, 3.63) is 66.2 Å². The molecule has 0 spiro atoms. The standard InChI is InChI=1S/C20H21N5O3/c26-19(12-15-2-4-17(5-3-15)24-9-1-8-21-24)23-10-6-18(7-11-23)25-14-16(13-22-25)20(27)28/h1-5,8-9,13-14,18H,6-7,10-12H2,(H,27,28). The average molecular weight is 379 g/mol. The normalized spacial score (nSPS) is 14.9. The van der Waals surface area contributed by atoms with Crippen LogP contribution < -0.4 is 0 Å². The summed E-state index contributed by atoms with van der Waals surface area (Å²) in [6, 6.07) is 9.83. The molecule has 0 bridgehead atoms. The van der Waals surface area contributed by atoms with E-state index in [0.29, 0.717) is 19.5 Å². The van der Waals surface area contributed by atoms with E-state index in [1.807, 2.05) is 41.4 Å². The number of carboxylic acids is 1. The summed E-state index contributed by atoms with van der Waals surface area (Å²) >= 11 is 0. The number of benzene rings is 1. The molecular weight excluding hydrogens is 358 g/mol. The lowest BCUT2D eigenvalue weighted by Gasteiger charge is -2.32. The van der Waals surface area contributed by atoms with E-state index in [2.05, 4.69) is 10.2 Å². The third-order valence-electron chi connectivity index (χ3n) is 5.10. The van der Waals surface area contributed by atoms with E-state index in [9.17, 15) is 9.59 Å². The van der Waals surface area contributed by atoms with E-state index in [-0.39, 0.29) is 17.5 Å². The number of aromatic carboxylic acids is 1. The second-order valence-electron chi connectivity index (χ2n) is 6.92. The molecule has 8 nitrogen and oxygen atoms in total. The van der Waals surface area contributed by atoms with Gasteiger partial charge in [0.25, 0.3) is 0 Å². The van der Waals surface area contributed by atoms with Gasteiger partial charge in [-0.2, -0.15) is 10.2 Å². The van der Waals surface area contributed by atoms with Gasteiger partial charge in [0.05, 0.1) is 29.9 Å². The van der Waals surface area contributed by atoms with Crippen LogP contribution in [0, 0.1) is 0 Å². The van der Waals surface area contributed by atoms with Crippen LogP contribution in [0.25, 0.3) is 5.69 Å². The van der Waals surface area contributed by atoms with Crippen LogP contribution in [0.5, 0.6) is 0 Å². The molecule has 1 aromatic carbocycles. The first-order chi connectivity index (χ1) is 13.6. The Morgan fingerprint density at radius 2 is 1.86 bits per heavy atom. The highest BCUT2D eigenvalue weighted by Gasteiger charge is 2.24. The van der Waals surface area contributed by atoms with Crippen molar-refractivity contribution < 1.29 is 14.7 Å². The summed E-state index contributed by atoms with van der Waals surface area (Å²) in [6.45, 7) is 1.30. The van der Waals surface area contributed by atoms with Crippen molar-refractivity contribution in [2.45, 2.75) is 25.3 Å². The maximum atomic E-state index is 12.6. The maximum absolute atomic E-state index is 12.6. The van der Waals surface area contributed by atoms with Crippen LogP contribution >= 0.6 is 0 Å². The number of hydrogen-bond donors (Lipinski definition) is 1. The van der Waals surface area contributed by atoms with Gasteiger partial charge in [-0.1, -0.05) is 12.1 Å². The second kappa shape index (κ2) is 7.67. The number of hydrogen-bond acceptors (Lipinski definition) is 4. The molecule has 3 heterocycles. The summed E-state index contributed by atoms with van der Waals surface area (Å²) in [4.78, 5) is 25.5. The minimum atomic E-state index is -0.975. The number of carbonyl (C=O) groups is 2. The average Bonchev–Trinajstić information content (AvgIpc) is 3.41. The van der Waals surface area contributed by atoms with Gasteiger partial charge in [-0.3, -0.25) is 9.48 Å². The fraction of sp³-hybridized carbons (Fsp3) is 0.300. The number of aromatic nitrogens is 4. The molecule has 1 N–H and O–H groups in total. The highest BCUT2D eigenvalue weighted by molar-refractivity contribution is 5.86. The number of amides is 1. The molecule has 2 aromatic heterocycles. The molecule has 1 aliphatic heterocycles. The number of piperidine rings is 1. The molecule has 28 heavy (non-hydrogen) atoms. The summed E-state index contributed by atoms with van der Waals surface area (Å²) in [7, 11) is 0. The highest BCUT2D eigenvalue weighted by Crippen LogP contribution is 2.23. The minimum Gasteiger partial charge on any atom is -0.478 e. The van der Waals surface area contributed by atoms with Crippen molar-refractivity contribution >= 4 is 11.9 Å². The van der Waals surface area contributed by atoms with Crippen LogP contribution in [-0.4, -0.2) is 54.5 Å². The fourth-order valence-electron chi connectivity index (χ4n) is 3.50. The third kappa shape index (κ3) is 3.80. The van der Waals surface area contributed by atoms with Crippen molar-refractivity contribution in [3.63, 3.8) is 0 Å². The van der Waals surface area contributed by atoms with E-state index in [1.54, 1.807) is 21.8 Å². The number of carboxylic acid groups (broad SMARTS) is 1. The topological polar surface area (TPSA) is 93.3 Å². The highest BCUT2D eigenvalue weighted by atomic mass is 16.4. The lowest BCUT2D eigenvalue weighted by molar-refractivity contribution is -0.131. The number of rotatable bonds is 5. The second-order valence-corrected chi connectivity index (χ2v) is 6.92. The molecule has 1 saturated heterocycles. The molecule has 8 heteroatoms. The Morgan fingerprint density at radius 1 is 1.11 bits per heavy atom. The first-order valence-electron chi connectivity index (χ1n) is 9.24. The Hall–Kier alpha value is -3.42. The Bertz CT molecular complexity index is 954. The van der Waals surface area contributed by atoms with E-state index in [1.165, 1.54) is 6.20 Å². The lowest BCUT2D eigenvalue weighted by atomic mass is 10.0. The predicted octanol–water partition coefficient (Wildman–Crippen LogP) is 2.17. The van der Waals surface area contributed by atoms with Gasteiger partial charge in [0.15, 0.2) is 0 Å². The zero-order valence-corrected chi connectivity index (χ0v) is 15.3. The van der Waals surface area contributed by atoms with Crippen molar-refractivity contribution in [2.24, 2.45) is 0 Å². The quantitative estimate of drug-likeness (QED) is 0.733. The predicted molar refractivity (Wildman–Crippen MR) is 101 cm³/mol. The first kappa shape index (κ1) is 18.0. The van der Waals surface area contributed by atoms with E-state index in [4.69, 9.17) is 5.11 Å². The molecule has 0 unspecified atom stereocenters. The van der Waals surface area contributed by atoms with Crippen molar-refractivity contribution in [1.82, 2.24) is 24.5 Å². The Labute approximate surface area is 162 Å². The Balaban J connectivity index is 1.32. The monoisotopic (exact) mass is 379 g/mol. The molecule has 0 saturated carbocycles. The summed E-state index contributed by atoms with van der Waals surface area (Å²) in [5.74, 6) is -0.866. The zero-order chi connectivity index (χ0) is 19.5. The van der Waals surface area contributed by atoms with Gasteiger partial charge < -0.3 is 10.0 Å². The number of likely N-dealkylation sites (tertiary alicyclic amines) is 1. The van der Waals surface area contributed by atoms with Gasteiger partial charge in [-0.25, -0.2) is 9.48 Å². The molecule has 0 atom stereocenters. The Morgan fingerprint density at radius 3 is 2.46 bits per heavy atom. The number of nitrogens with zero attached hydrogens (tertiary/aromatic N) is 5. The summed E-state index contributed by atoms with van der Waals surface area (Å²) in [5, 5.41) is 17.4. The molecule has 0 aliphatic carbocycles. The number of carbonyl (C=O) groups excluding carboxylic acids is 1. The van der Waals surface area contributed by atoms with Gasteiger partial charge in [0, 0.05) is 31.7 Å². The van der Waals surface area contributed by atoms with Crippen molar-refractivity contribution in [3.8, 4) is 5.69 Å². The fourth-order valence-corrected chi connectivity index (χ4v) is 3.50. The van der Waals surface area contributed by atoms with Gasteiger partial charge in [-0.15, -0.1) is 0 Å². The van der Waals surface area contributed by atoms with Gasteiger partial charge in [-0.05, 0) is 36.6 Å². The van der Waals surface area contributed by atoms with Crippen LogP contribution in [0.3, 0.4) is 0 Å². The third-order valence-corrected chi connectivity index (χ3v) is 5.10. The van der Waals surface area contributed by atoms with Gasteiger partial charge in [0.1, 0.15) is 0 Å². The summed E-state index contributed by atoms with van der Waals surface area (Å²) < 4.78 is 3.49. The van der Waals surface area contributed by atoms with E-state index < -0.39 is 5.97 Å². The van der Waals surface area contributed by atoms with E-state index >= 15 is 0 Å². The smallest absolute Gasteiger partial charge is 0.338 e. The van der Waals surface area contributed by atoms with Gasteiger partial charge in [0.2, 0.25) is 5.91 Å². The van der Waals surface area contributed by atoms with Crippen LogP contribution in [-0.2, 0) is 11.2 Å². The maximum Gasteiger partial charge on any atom is 0.338 e. The molecule has 1 amide bonds. The zero-order valence-electron chi connectivity index (χ0n) is 15.3. The van der Waals surface area contributed by atoms with Gasteiger partial charge >= 0.3 is 5.97 Å². The van der Waals surface area contributed by atoms with Crippen LogP contribution in [0.4, 0.5) is 0 Å². The van der Waals surface area contributed by atoms with Crippen molar-refractivity contribution in [1.29, 1.82) is 0 Å². The van der Waals surface area contributed by atoms with E-state index in [0.717, 1.165) is 24.1 Å². The minimum absolute atomic E-state index is 0.108. The molecule has 3 aromatic rings. The summed E-state index contributed by atoms with van der Waals surface area (Å²) in [5.41, 5.74) is 2.13. The van der Waals surface area contributed by atoms with Crippen molar-refractivity contribution in [2.75, 3.05) is 13.1 Å². The van der Waals surface area contributed by atoms with Crippen LogP contribution in [0.15, 0.2) is 55.1 Å². The SMILES string of the molecule is O=C(O)c1cnn(C2CCN(C(=O)Cc3ccc(-n4cccn4)cc3)CC2)c1. The first-order valence-corrected chi connectivity index (χ1v) is 9.24. The molecule has 1 fully saturated rings. The lowest BCUT2D eigenvalue weighted by Crippen LogP contribution is -2.40. The molecule has 144 valence electrons. The molecular formula is C20H21N5O3. The van der Waals surface area contributed by atoms with Crippen LogP contribution in [0.1, 0.15) is 34.8 Å². The molecule has 0 radical (unpaired) electrons. The molecule has 1 aliphatic rings. The Kier molecular flexibility index (Phi) is 4.92. The largest absolute Gasteiger partial charge is 0.478 e. The summed E-state index contributed by atoms with van der Waals surface area (Å²) in [6.07, 6.45) is 8.44. The van der Waals surface area contributed by atoms with Crippen LogP contribution in [0.2, 0.25) is 0 Å².